The van der Waals surface area contributed by atoms with Gasteiger partial charge in [-0.15, -0.1) is 0 Å². The summed E-state index contributed by atoms with van der Waals surface area (Å²) in [5, 5.41) is 2.61. The van der Waals surface area contributed by atoms with Gasteiger partial charge in [0.1, 0.15) is 12.6 Å². The van der Waals surface area contributed by atoms with Crippen LogP contribution in [-0.4, -0.2) is 51.0 Å². The Balaban J connectivity index is 2.41. The number of nitrogens with zero attached hydrogens (tertiary/aromatic N) is 2. The first-order valence-corrected chi connectivity index (χ1v) is 12.9. The number of carbonyl (C=O) groups excluding carboxylic acids is 2. The lowest BCUT2D eigenvalue weighted by Gasteiger charge is -2.32. The lowest BCUT2D eigenvalue weighted by atomic mass is 9.87. The molecule has 8 heteroatoms. The largest absolute Gasteiger partial charge is 0.357 e. The van der Waals surface area contributed by atoms with Gasteiger partial charge >= 0.3 is 0 Å². The van der Waals surface area contributed by atoms with Crippen LogP contribution in [0.1, 0.15) is 45.2 Å². The minimum atomic E-state index is -3.74. The van der Waals surface area contributed by atoms with Crippen LogP contribution in [0.25, 0.3) is 0 Å². The maximum atomic E-state index is 13.5. The summed E-state index contributed by atoms with van der Waals surface area (Å²) in [5.41, 5.74) is 2.24. The molecule has 0 heterocycles. The van der Waals surface area contributed by atoms with Gasteiger partial charge in [0.25, 0.3) is 0 Å². The number of sulfonamides is 1. The second kappa shape index (κ2) is 10.8. The van der Waals surface area contributed by atoms with Crippen molar-refractivity contribution < 1.29 is 18.0 Å². The average molecular weight is 474 g/mol. The zero-order chi connectivity index (χ0) is 24.8. The molecular weight excluding hydrogens is 438 g/mol. The van der Waals surface area contributed by atoms with Crippen LogP contribution in [0.2, 0.25) is 0 Å². The quantitative estimate of drug-likeness (QED) is 0.605. The highest BCUT2D eigenvalue weighted by atomic mass is 32.2. The minimum Gasteiger partial charge on any atom is -0.357 e. The molecule has 0 bridgehead atoms. The Morgan fingerprint density at radius 2 is 1.58 bits per heavy atom. The monoisotopic (exact) mass is 473 g/mol. The highest BCUT2D eigenvalue weighted by Gasteiger charge is 2.31. The van der Waals surface area contributed by atoms with Crippen LogP contribution in [0.15, 0.2) is 54.6 Å². The van der Waals surface area contributed by atoms with Crippen molar-refractivity contribution in [3.63, 3.8) is 0 Å². The van der Waals surface area contributed by atoms with Crippen LogP contribution >= 0.6 is 0 Å². The van der Waals surface area contributed by atoms with Crippen LogP contribution in [0, 0.1) is 0 Å². The first-order chi connectivity index (χ1) is 15.4. The third-order valence-corrected chi connectivity index (χ3v) is 6.67. The third kappa shape index (κ3) is 7.05. The van der Waals surface area contributed by atoms with E-state index in [0.717, 1.165) is 21.7 Å². The third-order valence-electron chi connectivity index (χ3n) is 5.53. The number of nitrogens with one attached hydrogen (secondary N) is 1. The molecule has 0 spiro atoms. The fourth-order valence-corrected chi connectivity index (χ4v) is 4.46. The van der Waals surface area contributed by atoms with Gasteiger partial charge in [0, 0.05) is 13.6 Å². The average Bonchev–Trinajstić information content (AvgIpc) is 2.76. The van der Waals surface area contributed by atoms with Crippen LogP contribution in [0.5, 0.6) is 0 Å². The van der Waals surface area contributed by atoms with Crippen molar-refractivity contribution in [2.75, 3.05) is 24.2 Å². The van der Waals surface area contributed by atoms with E-state index in [9.17, 15) is 18.0 Å². The molecule has 2 rings (SSSR count). The van der Waals surface area contributed by atoms with E-state index in [1.54, 1.807) is 12.1 Å². The highest BCUT2D eigenvalue weighted by Crippen LogP contribution is 2.26. The zero-order valence-electron chi connectivity index (χ0n) is 20.3. The van der Waals surface area contributed by atoms with E-state index in [-0.39, 0.29) is 17.9 Å². The molecule has 1 atom stereocenters. The maximum Gasteiger partial charge on any atom is 0.244 e. The molecular formula is C25H35N3O4S. The highest BCUT2D eigenvalue weighted by molar-refractivity contribution is 7.92. The smallest absolute Gasteiger partial charge is 0.244 e. The summed E-state index contributed by atoms with van der Waals surface area (Å²) in [6.07, 6.45) is 1.48. The van der Waals surface area contributed by atoms with E-state index in [1.165, 1.54) is 11.9 Å². The first kappa shape index (κ1) is 26.4. The number of anilines is 1. The van der Waals surface area contributed by atoms with Crippen LogP contribution in [-0.2, 0) is 31.6 Å². The molecule has 33 heavy (non-hydrogen) atoms. The summed E-state index contributed by atoms with van der Waals surface area (Å²) in [4.78, 5) is 27.4. The Morgan fingerprint density at radius 3 is 2.03 bits per heavy atom. The van der Waals surface area contributed by atoms with Crippen molar-refractivity contribution in [1.82, 2.24) is 10.2 Å². The number of amides is 2. The molecule has 1 N–H and O–H groups in total. The van der Waals surface area contributed by atoms with Gasteiger partial charge < -0.3 is 10.2 Å². The molecule has 2 amide bonds. The number of likely N-dealkylation sites (N-methyl/N-ethyl adjacent to an activating group) is 1. The summed E-state index contributed by atoms with van der Waals surface area (Å²) in [6.45, 7) is 7.85. The van der Waals surface area contributed by atoms with Crippen molar-refractivity contribution >= 4 is 27.5 Å². The van der Waals surface area contributed by atoms with Gasteiger partial charge in [-0.3, -0.25) is 13.9 Å². The SMILES string of the molecule is CC[C@@H](C(=O)NC)N(Cc1ccccc1)C(=O)CN(c1ccc(C(C)(C)C)cc1)S(C)(=O)=O. The molecule has 7 nitrogen and oxygen atoms in total. The Kier molecular flexibility index (Phi) is 8.66. The molecule has 0 aliphatic rings. The van der Waals surface area contributed by atoms with Crippen LogP contribution in [0.4, 0.5) is 5.69 Å². The van der Waals surface area contributed by atoms with Crippen molar-refractivity contribution in [1.29, 1.82) is 0 Å². The molecule has 0 aliphatic heterocycles. The van der Waals surface area contributed by atoms with E-state index < -0.39 is 28.5 Å². The van der Waals surface area contributed by atoms with E-state index >= 15 is 0 Å². The van der Waals surface area contributed by atoms with Crippen LogP contribution in [0.3, 0.4) is 0 Å². The Hall–Kier alpha value is -2.87. The second-order valence-corrected chi connectivity index (χ2v) is 11.0. The molecule has 0 saturated heterocycles. The number of rotatable bonds is 9. The van der Waals surface area contributed by atoms with Crippen molar-refractivity contribution in [3.05, 3.63) is 65.7 Å². The zero-order valence-corrected chi connectivity index (χ0v) is 21.1. The molecule has 0 saturated carbocycles. The molecule has 0 fully saturated rings. The Morgan fingerprint density at radius 1 is 1.00 bits per heavy atom. The maximum absolute atomic E-state index is 13.5. The molecule has 2 aromatic carbocycles. The summed E-state index contributed by atoms with van der Waals surface area (Å²) in [5.74, 6) is -0.734. The summed E-state index contributed by atoms with van der Waals surface area (Å²) >= 11 is 0. The number of benzene rings is 2. The van der Waals surface area contributed by atoms with Gasteiger partial charge in [0.15, 0.2) is 0 Å². The van der Waals surface area contributed by atoms with Gasteiger partial charge in [0.05, 0.1) is 11.9 Å². The van der Waals surface area contributed by atoms with Crippen molar-refractivity contribution in [2.24, 2.45) is 0 Å². The minimum absolute atomic E-state index is 0.0847. The molecule has 0 unspecified atom stereocenters. The van der Waals surface area contributed by atoms with E-state index in [1.807, 2.05) is 49.4 Å². The second-order valence-electron chi connectivity index (χ2n) is 9.11. The first-order valence-electron chi connectivity index (χ1n) is 11.0. The van der Waals surface area contributed by atoms with E-state index in [0.29, 0.717) is 12.1 Å². The Labute approximate surface area is 197 Å². The van der Waals surface area contributed by atoms with Crippen LogP contribution < -0.4 is 9.62 Å². The van der Waals surface area contributed by atoms with Gasteiger partial charge in [0.2, 0.25) is 21.8 Å². The molecule has 0 radical (unpaired) electrons. The van der Waals surface area contributed by atoms with Gasteiger partial charge in [-0.2, -0.15) is 0 Å². The van der Waals surface area contributed by atoms with Gasteiger partial charge in [-0.05, 0) is 35.1 Å². The summed E-state index contributed by atoms with van der Waals surface area (Å²) < 4.78 is 26.4. The molecule has 180 valence electrons. The summed E-state index contributed by atoms with van der Waals surface area (Å²) in [7, 11) is -2.22. The number of carbonyl (C=O) groups is 2. The fraction of sp³-hybridized carbons (Fsp3) is 0.440. The topological polar surface area (TPSA) is 86.8 Å². The van der Waals surface area contributed by atoms with E-state index in [2.05, 4.69) is 26.1 Å². The van der Waals surface area contributed by atoms with Gasteiger partial charge in [-0.25, -0.2) is 8.42 Å². The number of hydrogen-bond donors (Lipinski definition) is 1. The van der Waals surface area contributed by atoms with Gasteiger partial charge in [-0.1, -0.05) is 70.2 Å². The van der Waals surface area contributed by atoms with Crippen molar-refractivity contribution in [3.8, 4) is 0 Å². The standard InChI is InChI=1S/C25H35N3O4S/c1-7-22(24(30)26-5)27(17-19-11-9-8-10-12-19)23(29)18-28(33(6,31)32)21-15-13-20(14-16-21)25(2,3)4/h8-16,22H,7,17-18H2,1-6H3,(H,26,30)/t22-/m0/s1. The predicted octanol–water partition coefficient (Wildman–Crippen LogP) is 3.30. The lowest BCUT2D eigenvalue weighted by Crippen LogP contribution is -2.51. The molecule has 0 aliphatic carbocycles. The molecule has 2 aromatic rings. The fourth-order valence-electron chi connectivity index (χ4n) is 3.61. The number of hydrogen-bond acceptors (Lipinski definition) is 4. The van der Waals surface area contributed by atoms with E-state index in [4.69, 9.17) is 0 Å². The predicted molar refractivity (Wildman–Crippen MR) is 132 cm³/mol. The summed E-state index contributed by atoms with van der Waals surface area (Å²) in [6, 6.07) is 15.8. The lowest BCUT2D eigenvalue weighted by molar-refractivity contribution is -0.140. The normalized spacial score (nSPS) is 12.7. The Bertz CT molecular complexity index is 1050. The van der Waals surface area contributed by atoms with Crippen molar-refractivity contribution in [2.45, 2.75) is 52.1 Å². The molecule has 0 aromatic heterocycles.